The number of rotatable bonds is 3. The lowest BCUT2D eigenvalue weighted by molar-refractivity contribution is -0.136. The van der Waals surface area contributed by atoms with Gasteiger partial charge in [-0.05, 0) is 0 Å². The van der Waals surface area contributed by atoms with Crippen LogP contribution in [-0.4, -0.2) is 68.6 Å². The third-order valence-corrected chi connectivity index (χ3v) is 5.42. The molecule has 2 aliphatic heterocycles. The molecule has 108 valence electrons. The van der Waals surface area contributed by atoms with Crippen molar-refractivity contribution in [1.29, 1.82) is 0 Å². The summed E-state index contributed by atoms with van der Waals surface area (Å²) in [6.45, 7) is 2.23. The molecule has 1 fully saturated rings. The maximum absolute atomic E-state index is 11.4. The van der Waals surface area contributed by atoms with Crippen molar-refractivity contribution in [2.75, 3.05) is 39.5 Å². The fourth-order valence-corrected chi connectivity index (χ4v) is 3.83. The summed E-state index contributed by atoms with van der Waals surface area (Å²) in [6.07, 6.45) is 1.22. The predicted octanol–water partition coefficient (Wildman–Crippen LogP) is -0.802. The molecule has 2 aliphatic rings. The molecular weight excluding hydrogens is 290 g/mol. The van der Waals surface area contributed by atoms with E-state index in [1.54, 1.807) is 5.41 Å². The van der Waals surface area contributed by atoms with Crippen LogP contribution >= 0.6 is 11.8 Å². The Morgan fingerprint density at radius 2 is 2.05 bits per heavy atom. The molecule has 9 heteroatoms. The molecule has 0 aliphatic carbocycles. The van der Waals surface area contributed by atoms with E-state index in [1.807, 2.05) is 0 Å². The van der Waals surface area contributed by atoms with Crippen LogP contribution < -0.4 is 5.32 Å². The lowest BCUT2D eigenvalue weighted by atomic mass is 10.4. The largest absolute Gasteiger partial charge is 0.464 e. The van der Waals surface area contributed by atoms with Crippen molar-refractivity contribution in [2.24, 2.45) is 0 Å². The second-order valence-electron chi connectivity index (χ2n) is 4.35. The summed E-state index contributed by atoms with van der Waals surface area (Å²) < 4.78 is 28.9. The Kier molecular flexibility index (Phi) is 4.39. The van der Waals surface area contributed by atoms with E-state index in [0.717, 1.165) is 0 Å². The van der Waals surface area contributed by atoms with Gasteiger partial charge < -0.3 is 10.1 Å². The van der Waals surface area contributed by atoms with E-state index in [1.165, 1.54) is 29.4 Å². The van der Waals surface area contributed by atoms with Crippen LogP contribution in [-0.2, 0) is 19.6 Å². The number of piperazine rings is 1. The molecule has 1 saturated heterocycles. The first-order valence-electron chi connectivity index (χ1n) is 5.81. The first-order valence-corrected chi connectivity index (χ1v) is 8.60. The third kappa shape index (κ3) is 3.41. The molecule has 1 N–H and O–H groups in total. The number of nitrogens with one attached hydrogen (secondary N) is 1. The van der Waals surface area contributed by atoms with Gasteiger partial charge in [0.15, 0.2) is 0 Å². The number of carbonyl (C=O) groups excluding carboxylic acids is 1. The van der Waals surface area contributed by atoms with Gasteiger partial charge in [0.2, 0.25) is 10.0 Å². The first kappa shape index (κ1) is 14.6. The number of methoxy groups -OCH3 is 1. The van der Waals surface area contributed by atoms with Crippen molar-refractivity contribution in [3.63, 3.8) is 0 Å². The standard InChI is InChI=1S/C10H17N3O4S2/c1-17-9(14)8-7-18-10(11-8)12-3-5-13(6-4-12)19(2,15)16/h7,10-11H,3-6H2,1-2H3. The lowest BCUT2D eigenvalue weighted by Crippen LogP contribution is -2.53. The van der Waals surface area contributed by atoms with Gasteiger partial charge in [-0.15, -0.1) is 0 Å². The quantitative estimate of drug-likeness (QED) is 0.684. The van der Waals surface area contributed by atoms with E-state index < -0.39 is 10.0 Å². The zero-order chi connectivity index (χ0) is 14.0. The number of esters is 1. The third-order valence-electron chi connectivity index (χ3n) is 3.07. The second-order valence-corrected chi connectivity index (χ2v) is 7.29. The summed E-state index contributed by atoms with van der Waals surface area (Å²) in [7, 11) is -1.77. The van der Waals surface area contributed by atoms with Crippen LogP contribution in [0.15, 0.2) is 11.1 Å². The van der Waals surface area contributed by atoms with Crippen molar-refractivity contribution >= 4 is 27.8 Å². The molecule has 0 aromatic rings. The van der Waals surface area contributed by atoms with E-state index in [2.05, 4.69) is 15.0 Å². The smallest absolute Gasteiger partial charge is 0.354 e. The fourth-order valence-electron chi connectivity index (χ4n) is 2.00. The maximum Gasteiger partial charge on any atom is 0.354 e. The monoisotopic (exact) mass is 307 g/mol. The number of sulfonamides is 1. The lowest BCUT2D eigenvalue weighted by Gasteiger charge is -2.36. The van der Waals surface area contributed by atoms with E-state index in [9.17, 15) is 13.2 Å². The molecular formula is C10H17N3O4S2. The van der Waals surface area contributed by atoms with E-state index in [0.29, 0.717) is 31.9 Å². The fraction of sp³-hybridized carbons (Fsp3) is 0.700. The number of thioether (sulfide) groups is 1. The minimum atomic E-state index is -3.11. The minimum Gasteiger partial charge on any atom is -0.464 e. The Labute approximate surface area is 117 Å². The van der Waals surface area contributed by atoms with Crippen LogP contribution in [0.4, 0.5) is 0 Å². The molecule has 2 heterocycles. The Morgan fingerprint density at radius 1 is 1.42 bits per heavy atom. The normalized spacial score (nSPS) is 25.8. The topological polar surface area (TPSA) is 79.0 Å². The first-order chi connectivity index (χ1) is 8.91. The molecule has 1 atom stereocenters. The molecule has 0 saturated carbocycles. The molecule has 0 radical (unpaired) electrons. The zero-order valence-corrected chi connectivity index (χ0v) is 12.5. The van der Waals surface area contributed by atoms with Gasteiger partial charge in [0.1, 0.15) is 11.2 Å². The number of carbonyl (C=O) groups is 1. The van der Waals surface area contributed by atoms with Gasteiger partial charge in [-0.1, -0.05) is 11.8 Å². The molecule has 0 aromatic carbocycles. The van der Waals surface area contributed by atoms with Crippen molar-refractivity contribution in [1.82, 2.24) is 14.5 Å². The minimum absolute atomic E-state index is 0.0317. The van der Waals surface area contributed by atoms with Gasteiger partial charge in [-0.3, -0.25) is 4.90 Å². The Hall–Kier alpha value is -0.770. The number of hydrogen-bond donors (Lipinski definition) is 1. The van der Waals surface area contributed by atoms with Gasteiger partial charge in [0, 0.05) is 31.6 Å². The average molecular weight is 307 g/mol. The van der Waals surface area contributed by atoms with Gasteiger partial charge >= 0.3 is 5.97 Å². The van der Waals surface area contributed by atoms with Crippen molar-refractivity contribution in [3.05, 3.63) is 11.1 Å². The van der Waals surface area contributed by atoms with Gasteiger partial charge in [-0.2, -0.15) is 4.31 Å². The van der Waals surface area contributed by atoms with Crippen LogP contribution in [0.3, 0.4) is 0 Å². The average Bonchev–Trinajstić information content (AvgIpc) is 2.86. The van der Waals surface area contributed by atoms with Crippen molar-refractivity contribution in [3.8, 4) is 0 Å². The molecule has 7 nitrogen and oxygen atoms in total. The number of nitrogens with zero attached hydrogens (tertiary/aromatic N) is 2. The SMILES string of the molecule is COC(=O)C1=CSC(N2CCN(S(C)(=O)=O)CC2)N1. The number of ether oxygens (including phenoxy) is 1. The summed E-state index contributed by atoms with van der Waals surface area (Å²) in [5.41, 5.74) is 0.416. The molecule has 0 bridgehead atoms. The summed E-state index contributed by atoms with van der Waals surface area (Å²) in [5, 5.41) is 4.81. The molecule has 0 amide bonds. The molecule has 2 rings (SSSR count). The van der Waals surface area contributed by atoms with Crippen molar-refractivity contribution in [2.45, 2.75) is 5.50 Å². The van der Waals surface area contributed by atoms with Crippen LogP contribution in [0.1, 0.15) is 0 Å². The van der Waals surface area contributed by atoms with E-state index in [4.69, 9.17) is 0 Å². The van der Waals surface area contributed by atoms with Gasteiger partial charge in [-0.25, -0.2) is 13.2 Å². The summed E-state index contributed by atoms with van der Waals surface area (Å²) in [5.74, 6) is -0.384. The van der Waals surface area contributed by atoms with Crippen molar-refractivity contribution < 1.29 is 17.9 Å². The van der Waals surface area contributed by atoms with Crippen LogP contribution in [0, 0.1) is 0 Å². The molecule has 19 heavy (non-hydrogen) atoms. The summed E-state index contributed by atoms with van der Waals surface area (Å²) >= 11 is 1.49. The van der Waals surface area contributed by atoms with Crippen LogP contribution in [0.25, 0.3) is 0 Å². The van der Waals surface area contributed by atoms with Gasteiger partial charge in [0.25, 0.3) is 0 Å². The van der Waals surface area contributed by atoms with Gasteiger partial charge in [0.05, 0.1) is 13.4 Å². The van der Waals surface area contributed by atoms with Crippen LogP contribution in [0.5, 0.6) is 0 Å². The molecule has 0 spiro atoms. The summed E-state index contributed by atoms with van der Waals surface area (Å²) in [6, 6.07) is 0. The Bertz CT molecular complexity index is 483. The molecule has 0 aromatic heterocycles. The predicted molar refractivity (Wildman–Crippen MR) is 72.6 cm³/mol. The van der Waals surface area contributed by atoms with E-state index in [-0.39, 0.29) is 11.5 Å². The maximum atomic E-state index is 11.4. The highest BCUT2D eigenvalue weighted by Crippen LogP contribution is 2.25. The zero-order valence-electron chi connectivity index (χ0n) is 10.8. The number of hydrogen-bond acceptors (Lipinski definition) is 7. The Morgan fingerprint density at radius 3 is 2.58 bits per heavy atom. The van der Waals surface area contributed by atoms with E-state index >= 15 is 0 Å². The summed E-state index contributed by atoms with van der Waals surface area (Å²) in [4.78, 5) is 13.5. The Balaban J connectivity index is 1.86. The highest BCUT2D eigenvalue weighted by Gasteiger charge is 2.31. The highest BCUT2D eigenvalue weighted by molar-refractivity contribution is 8.02. The molecule has 1 unspecified atom stereocenters. The second kappa shape index (κ2) is 5.70. The highest BCUT2D eigenvalue weighted by atomic mass is 32.2. The van der Waals surface area contributed by atoms with Crippen LogP contribution in [0.2, 0.25) is 0 Å².